The summed E-state index contributed by atoms with van der Waals surface area (Å²) in [4.78, 5) is 32.2. The van der Waals surface area contributed by atoms with Gasteiger partial charge in [-0.2, -0.15) is 0 Å². The van der Waals surface area contributed by atoms with Crippen molar-refractivity contribution in [1.82, 2.24) is 5.32 Å². The van der Waals surface area contributed by atoms with Crippen molar-refractivity contribution in [2.45, 2.75) is 12.6 Å². The normalized spacial score (nSPS) is 17.0. The van der Waals surface area contributed by atoms with Crippen molar-refractivity contribution in [1.29, 1.82) is 0 Å². The molecule has 5 rings (SSSR count). The van der Waals surface area contributed by atoms with Crippen molar-refractivity contribution in [3.05, 3.63) is 106 Å². The molecule has 0 aromatic heterocycles. The standard InChI is InChI=1S/C26H19ClFN3O2/c27-18-11-8-16(9-12-18)10-13-22(32)29-25-26(33)31-15-14-17-4-3-6-20(24(17)31)23(30-25)19-5-1-2-7-21(19)28/h1-13,25H,14-15H2,(H,29,32). The van der Waals surface area contributed by atoms with Crippen LogP contribution in [-0.4, -0.2) is 30.2 Å². The molecule has 2 amide bonds. The number of hydrogen-bond donors (Lipinski definition) is 1. The number of para-hydroxylation sites is 1. The molecule has 0 saturated carbocycles. The highest BCUT2D eigenvalue weighted by Gasteiger charge is 2.37. The molecular weight excluding hydrogens is 441 g/mol. The number of hydrogen-bond acceptors (Lipinski definition) is 3. The van der Waals surface area contributed by atoms with E-state index < -0.39 is 17.9 Å². The van der Waals surface area contributed by atoms with E-state index in [9.17, 15) is 14.0 Å². The zero-order chi connectivity index (χ0) is 22.9. The highest BCUT2D eigenvalue weighted by atomic mass is 35.5. The number of nitrogens with one attached hydrogen (secondary N) is 1. The molecule has 0 fully saturated rings. The quantitative estimate of drug-likeness (QED) is 0.589. The van der Waals surface area contributed by atoms with Crippen molar-refractivity contribution in [2.75, 3.05) is 11.4 Å². The van der Waals surface area contributed by atoms with Crippen LogP contribution in [0.3, 0.4) is 0 Å². The third kappa shape index (κ3) is 4.05. The maximum atomic E-state index is 14.8. The van der Waals surface area contributed by atoms with Crippen LogP contribution in [-0.2, 0) is 16.0 Å². The Morgan fingerprint density at radius 3 is 2.61 bits per heavy atom. The topological polar surface area (TPSA) is 61.8 Å². The number of halogens is 2. The second-order valence-electron chi connectivity index (χ2n) is 7.81. The first-order valence-corrected chi connectivity index (χ1v) is 10.9. The maximum Gasteiger partial charge on any atom is 0.272 e. The molecule has 1 unspecified atom stereocenters. The molecule has 33 heavy (non-hydrogen) atoms. The molecule has 0 aliphatic carbocycles. The summed E-state index contributed by atoms with van der Waals surface area (Å²) in [5.74, 6) is -1.27. The summed E-state index contributed by atoms with van der Waals surface area (Å²) in [6.07, 6.45) is 2.47. The van der Waals surface area contributed by atoms with E-state index in [0.29, 0.717) is 29.3 Å². The number of carbonyl (C=O) groups is 2. The average molecular weight is 460 g/mol. The Hall–Kier alpha value is -3.77. The Kier molecular flexibility index (Phi) is 5.52. The molecule has 3 aromatic rings. The van der Waals surface area contributed by atoms with E-state index in [-0.39, 0.29) is 11.5 Å². The molecule has 0 saturated heterocycles. The summed E-state index contributed by atoms with van der Waals surface area (Å²) in [5.41, 5.74) is 3.82. The smallest absolute Gasteiger partial charge is 0.272 e. The van der Waals surface area contributed by atoms with Gasteiger partial charge in [-0.15, -0.1) is 0 Å². The van der Waals surface area contributed by atoms with E-state index in [1.807, 2.05) is 18.2 Å². The lowest BCUT2D eigenvalue weighted by Crippen LogP contribution is -2.46. The third-order valence-electron chi connectivity index (χ3n) is 5.71. The molecule has 1 atom stereocenters. The summed E-state index contributed by atoms with van der Waals surface area (Å²) in [5, 5.41) is 3.28. The monoisotopic (exact) mass is 459 g/mol. The van der Waals surface area contributed by atoms with E-state index in [4.69, 9.17) is 11.6 Å². The predicted octanol–water partition coefficient (Wildman–Crippen LogP) is 4.37. The van der Waals surface area contributed by atoms with Gasteiger partial charge in [-0.05, 0) is 47.9 Å². The lowest BCUT2D eigenvalue weighted by Gasteiger charge is -2.20. The molecule has 2 aliphatic rings. The molecule has 3 aromatic carbocycles. The van der Waals surface area contributed by atoms with Gasteiger partial charge in [0.25, 0.3) is 5.91 Å². The second-order valence-corrected chi connectivity index (χ2v) is 8.24. The number of carbonyl (C=O) groups excluding carboxylic acids is 2. The highest BCUT2D eigenvalue weighted by Crippen LogP contribution is 2.36. The van der Waals surface area contributed by atoms with Crippen LogP contribution in [0.5, 0.6) is 0 Å². The first kappa shape index (κ1) is 21.1. The van der Waals surface area contributed by atoms with Crippen LogP contribution < -0.4 is 10.2 Å². The van der Waals surface area contributed by atoms with Gasteiger partial charge in [-0.1, -0.05) is 54.1 Å². The lowest BCUT2D eigenvalue weighted by molar-refractivity contribution is -0.125. The number of anilines is 1. The molecule has 2 heterocycles. The van der Waals surface area contributed by atoms with Crippen LogP contribution >= 0.6 is 11.6 Å². The Labute approximate surface area is 195 Å². The van der Waals surface area contributed by atoms with Gasteiger partial charge in [0.2, 0.25) is 12.1 Å². The SMILES string of the molecule is O=C(C=Cc1ccc(Cl)cc1)NC1N=C(c2ccccc2F)c2cccc3c2N(CC3)C1=O. The molecule has 0 spiro atoms. The Morgan fingerprint density at radius 2 is 1.82 bits per heavy atom. The molecule has 5 nitrogen and oxygen atoms in total. The summed E-state index contributed by atoms with van der Waals surface area (Å²) >= 11 is 5.89. The predicted molar refractivity (Wildman–Crippen MR) is 127 cm³/mol. The fourth-order valence-corrected chi connectivity index (χ4v) is 4.29. The first-order valence-electron chi connectivity index (χ1n) is 10.5. The van der Waals surface area contributed by atoms with Gasteiger partial charge in [-0.25, -0.2) is 9.38 Å². The van der Waals surface area contributed by atoms with Crippen molar-refractivity contribution in [3.8, 4) is 0 Å². The number of amides is 2. The van der Waals surface area contributed by atoms with E-state index in [1.165, 1.54) is 12.1 Å². The van der Waals surface area contributed by atoms with Gasteiger partial charge in [0, 0.05) is 28.8 Å². The number of aliphatic imine (C=N–C) groups is 1. The van der Waals surface area contributed by atoms with Gasteiger partial charge in [0.15, 0.2) is 0 Å². The zero-order valence-electron chi connectivity index (χ0n) is 17.5. The largest absolute Gasteiger partial charge is 0.323 e. The molecule has 164 valence electrons. The summed E-state index contributed by atoms with van der Waals surface area (Å²) in [7, 11) is 0. The Bertz CT molecular complexity index is 1320. The number of nitrogens with zero attached hydrogens (tertiary/aromatic N) is 2. The van der Waals surface area contributed by atoms with Crippen LogP contribution in [0.4, 0.5) is 10.1 Å². The van der Waals surface area contributed by atoms with Crippen molar-refractivity contribution >= 4 is 40.9 Å². The summed E-state index contributed by atoms with van der Waals surface area (Å²) < 4.78 is 14.8. The van der Waals surface area contributed by atoms with E-state index in [1.54, 1.807) is 53.4 Å². The van der Waals surface area contributed by atoms with Crippen LogP contribution in [0, 0.1) is 5.82 Å². The third-order valence-corrected chi connectivity index (χ3v) is 5.96. The van der Waals surface area contributed by atoms with Crippen LogP contribution in [0.15, 0.2) is 77.8 Å². The molecular formula is C26H19ClFN3O2. The summed E-state index contributed by atoms with van der Waals surface area (Å²) in [6, 6.07) is 19.0. The van der Waals surface area contributed by atoms with Gasteiger partial charge in [-0.3, -0.25) is 9.59 Å². The fourth-order valence-electron chi connectivity index (χ4n) is 4.16. The first-order chi connectivity index (χ1) is 16.0. The minimum absolute atomic E-state index is 0.281. The molecule has 1 N–H and O–H groups in total. The molecule has 0 bridgehead atoms. The average Bonchev–Trinajstić information content (AvgIpc) is 3.21. The van der Waals surface area contributed by atoms with Crippen molar-refractivity contribution in [3.63, 3.8) is 0 Å². The van der Waals surface area contributed by atoms with Gasteiger partial charge >= 0.3 is 0 Å². The zero-order valence-corrected chi connectivity index (χ0v) is 18.2. The van der Waals surface area contributed by atoms with Crippen LogP contribution in [0.1, 0.15) is 22.3 Å². The highest BCUT2D eigenvalue weighted by molar-refractivity contribution is 6.30. The molecule has 2 aliphatic heterocycles. The molecule has 7 heteroatoms. The van der Waals surface area contributed by atoms with E-state index in [0.717, 1.165) is 16.8 Å². The lowest BCUT2D eigenvalue weighted by atomic mass is 9.98. The van der Waals surface area contributed by atoms with Gasteiger partial charge in [0.05, 0.1) is 11.4 Å². The van der Waals surface area contributed by atoms with E-state index in [2.05, 4.69) is 10.3 Å². The number of rotatable bonds is 4. The minimum atomic E-state index is -1.18. The summed E-state index contributed by atoms with van der Waals surface area (Å²) in [6.45, 7) is 0.484. The Balaban J connectivity index is 1.52. The van der Waals surface area contributed by atoms with Gasteiger partial charge < -0.3 is 10.2 Å². The van der Waals surface area contributed by atoms with Crippen LogP contribution in [0.2, 0.25) is 5.02 Å². The van der Waals surface area contributed by atoms with Crippen molar-refractivity contribution in [2.24, 2.45) is 4.99 Å². The minimum Gasteiger partial charge on any atom is -0.323 e. The fraction of sp³-hybridized carbons (Fsp3) is 0.115. The van der Waals surface area contributed by atoms with Crippen LogP contribution in [0.25, 0.3) is 6.08 Å². The molecule has 0 radical (unpaired) electrons. The number of benzene rings is 3. The van der Waals surface area contributed by atoms with Gasteiger partial charge in [0.1, 0.15) is 5.82 Å². The Morgan fingerprint density at radius 1 is 1.06 bits per heavy atom. The maximum absolute atomic E-state index is 14.8. The van der Waals surface area contributed by atoms with E-state index >= 15 is 0 Å². The second kappa shape index (κ2) is 8.64. The van der Waals surface area contributed by atoms with Crippen molar-refractivity contribution < 1.29 is 14.0 Å².